The van der Waals surface area contributed by atoms with Crippen LogP contribution >= 0.6 is 0 Å². The van der Waals surface area contributed by atoms with Crippen molar-refractivity contribution in [2.75, 3.05) is 26.3 Å². The van der Waals surface area contributed by atoms with Gasteiger partial charge in [0.15, 0.2) is 23.3 Å². The highest BCUT2D eigenvalue weighted by molar-refractivity contribution is 5.72. The van der Waals surface area contributed by atoms with Crippen LogP contribution < -0.4 is 4.57 Å². The second-order valence-corrected chi connectivity index (χ2v) is 6.59. The largest absolute Gasteiger partial charge is 0.379 e. The maximum atomic E-state index is 5.47. The normalized spacial score (nSPS) is 15.8. The minimum atomic E-state index is 0.678. The molecule has 0 amide bonds. The molecule has 0 spiro atoms. The van der Waals surface area contributed by atoms with E-state index in [1.807, 2.05) is 30.7 Å². The Kier molecular flexibility index (Phi) is 3.88. The predicted octanol–water partition coefficient (Wildman–Crippen LogP) is 1.54. The van der Waals surface area contributed by atoms with Gasteiger partial charge in [0.25, 0.3) is 0 Å². The summed E-state index contributed by atoms with van der Waals surface area (Å²) in [6.45, 7) is 4.94. The molecule has 3 aromatic heterocycles. The Morgan fingerprint density at radius 1 is 1.12 bits per heavy atom. The van der Waals surface area contributed by atoms with Crippen LogP contribution in [0.25, 0.3) is 22.2 Å². The molecule has 1 aromatic carbocycles. The number of H-pyrrole nitrogens is 1. The molecule has 26 heavy (non-hydrogen) atoms. The predicted molar refractivity (Wildman–Crippen MR) is 97.5 cm³/mol. The lowest BCUT2D eigenvalue weighted by molar-refractivity contribution is -0.675. The summed E-state index contributed by atoms with van der Waals surface area (Å²) >= 11 is 0. The van der Waals surface area contributed by atoms with Gasteiger partial charge in [-0.1, -0.05) is 12.1 Å². The zero-order chi connectivity index (χ0) is 17.3. The van der Waals surface area contributed by atoms with Crippen molar-refractivity contribution in [1.29, 1.82) is 0 Å². The molecule has 0 unspecified atom stereocenters. The lowest BCUT2D eigenvalue weighted by Crippen LogP contribution is -2.39. The zero-order valence-electron chi connectivity index (χ0n) is 14.5. The van der Waals surface area contributed by atoms with E-state index in [4.69, 9.17) is 9.72 Å². The number of nitrogens with one attached hydrogen (secondary N) is 1. The van der Waals surface area contributed by atoms with E-state index in [1.165, 1.54) is 5.52 Å². The molecule has 0 atom stereocenters. The number of ether oxygens (including phenoxy) is 1. The topological polar surface area (TPSA) is 62.9 Å². The Bertz CT molecular complexity index is 1050. The molecule has 1 fully saturated rings. The van der Waals surface area contributed by atoms with Crippen LogP contribution in [-0.4, -0.2) is 50.7 Å². The van der Waals surface area contributed by atoms with Crippen LogP contribution in [0.5, 0.6) is 0 Å². The van der Waals surface area contributed by atoms with Gasteiger partial charge in [-0.25, -0.2) is 19.5 Å². The molecule has 0 radical (unpaired) electrons. The number of hydrogen-bond acceptors (Lipinski definition) is 4. The molecule has 1 saturated heterocycles. The molecule has 132 valence electrons. The molecule has 4 aromatic rings. The minimum absolute atomic E-state index is 0.678. The summed E-state index contributed by atoms with van der Waals surface area (Å²) in [5, 5.41) is 0. The molecule has 1 N–H and O–H groups in total. The van der Waals surface area contributed by atoms with E-state index in [2.05, 4.69) is 42.2 Å². The summed E-state index contributed by atoms with van der Waals surface area (Å²) in [5.74, 6) is 1.04. The molecular weight excluding hydrogens is 328 g/mol. The number of benzene rings is 1. The molecule has 0 aliphatic carbocycles. The molecular formula is C19H21N6O+. The monoisotopic (exact) mass is 349 g/mol. The highest BCUT2D eigenvalue weighted by atomic mass is 16.5. The fourth-order valence-electron chi connectivity index (χ4n) is 3.57. The van der Waals surface area contributed by atoms with Gasteiger partial charge < -0.3 is 4.74 Å². The van der Waals surface area contributed by atoms with E-state index < -0.39 is 0 Å². The lowest BCUT2D eigenvalue weighted by Gasteiger charge is -2.26. The summed E-state index contributed by atoms with van der Waals surface area (Å²) in [7, 11) is 0. The maximum absolute atomic E-state index is 5.47. The second-order valence-electron chi connectivity index (χ2n) is 6.59. The van der Waals surface area contributed by atoms with Crippen molar-refractivity contribution in [1.82, 2.24) is 24.4 Å². The van der Waals surface area contributed by atoms with E-state index >= 15 is 0 Å². The average Bonchev–Trinajstić information content (AvgIpc) is 3.25. The highest BCUT2D eigenvalue weighted by Crippen LogP contribution is 2.16. The molecule has 0 bridgehead atoms. The number of morpholine rings is 1. The number of nitrogens with zero attached hydrogens (tertiary/aromatic N) is 5. The van der Waals surface area contributed by atoms with Crippen LogP contribution in [0.3, 0.4) is 0 Å². The summed E-state index contributed by atoms with van der Waals surface area (Å²) in [6, 6.07) is 12.3. The number of para-hydroxylation sites is 2. The van der Waals surface area contributed by atoms with Crippen LogP contribution in [0.4, 0.5) is 0 Å². The second kappa shape index (κ2) is 6.51. The van der Waals surface area contributed by atoms with Crippen molar-refractivity contribution < 1.29 is 9.30 Å². The Hall–Kier alpha value is -2.77. The zero-order valence-corrected chi connectivity index (χ0v) is 14.5. The van der Waals surface area contributed by atoms with Gasteiger partial charge in [0.1, 0.15) is 11.3 Å². The van der Waals surface area contributed by atoms with Crippen LogP contribution in [0.2, 0.25) is 0 Å². The minimum Gasteiger partial charge on any atom is -0.379 e. The summed E-state index contributed by atoms with van der Waals surface area (Å²) < 4.78 is 9.89. The summed E-state index contributed by atoms with van der Waals surface area (Å²) in [4.78, 5) is 15.2. The van der Waals surface area contributed by atoms with Crippen LogP contribution in [0, 0.1) is 0 Å². The molecule has 4 heterocycles. The molecule has 1 aliphatic heterocycles. The van der Waals surface area contributed by atoms with Crippen LogP contribution in [0.1, 0.15) is 5.82 Å². The van der Waals surface area contributed by atoms with Crippen molar-refractivity contribution >= 4 is 22.2 Å². The first-order chi connectivity index (χ1) is 12.9. The average molecular weight is 349 g/mol. The van der Waals surface area contributed by atoms with Crippen LogP contribution in [0.15, 0.2) is 48.9 Å². The quantitative estimate of drug-likeness (QED) is 0.568. The number of rotatable bonds is 4. The van der Waals surface area contributed by atoms with E-state index in [1.54, 1.807) is 0 Å². The fraction of sp³-hybridized carbons (Fsp3) is 0.316. The summed E-state index contributed by atoms with van der Waals surface area (Å²) in [5.41, 5.74) is 4.16. The number of hydrogen-bond donors (Lipinski definition) is 1. The third-order valence-electron chi connectivity index (χ3n) is 4.93. The van der Waals surface area contributed by atoms with Gasteiger partial charge in [-0.2, -0.15) is 0 Å². The number of fused-ring (bicyclic) bond motifs is 2. The standard InChI is InChI=1S/C19H20N6O/c1-2-6-17-15(4-1)21-13-24(17)14-25-18(12-23-8-10-26-11-9-23)22-16-5-3-7-20-19(16)25/h1-7,13H,8-12,14H2/p+1. The Morgan fingerprint density at radius 3 is 2.92 bits per heavy atom. The number of pyridine rings is 1. The first-order valence-electron chi connectivity index (χ1n) is 8.94. The van der Waals surface area contributed by atoms with Gasteiger partial charge in [0, 0.05) is 19.3 Å². The molecule has 1 aliphatic rings. The number of imidazole rings is 2. The first kappa shape index (κ1) is 15.5. The molecule has 5 rings (SSSR count). The van der Waals surface area contributed by atoms with Gasteiger partial charge in [0.05, 0.1) is 19.8 Å². The third kappa shape index (κ3) is 2.75. The first-order valence-corrected chi connectivity index (χ1v) is 8.94. The number of aromatic nitrogens is 5. The lowest BCUT2D eigenvalue weighted by atomic mass is 10.3. The molecule has 7 heteroatoms. The highest BCUT2D eigenvalue weighted by Gasteiger charge is 2.19. The van der Waals surface area contributed by atoms with E-state index in [0.717, 1.165) is 55.4 Å². The van der Waals surface area contributed by atoms with Crippen molar-refractivity contribution in [3.63, 3.8) is 0 Å². The molecule has 0 saturated carbocycles. The smallest absolute Gasteiger partial charge is 0.244 e. The Balaban J connectivity index is 1.55. The SMILES string of the molecule is c1cnc2c(c1)nc(CN1CCOCC1)n2C[n+]1c[nH]c2ccccc21. The van der Waals surface area contributed by atoms with Gasteiger partial charge in [-0.05, 0) is 24.3 Å². The maximum Gasteiger partial charge on any atom is 0.244 e. The Morgan fingerprint density at radius 2 is 2.00 bits per heavy atom. The summed E-state index contributed by atoms with van der Waals surface area (Å²) in [6.07, 6.45) is 3.84. The van der Waals surface area contributed by atoms with Gasteiger partial charge in [0.2, 0.25) is 6.33 Å². The fourth-order valence-corrected chi connectivity index (χ4v) is 3.57. The van der Waals surface area contributed by atoms with E-state index in [9.17, 15) is 0 Å². The number of aromatic amines is 1. The van der Waals surface area contributed by atoms with E-state index in [0.29, 0.717) is 6.67 Å². The van der Waals surface area contributed by atoms with Crippen molar-refractivity contribution in [2.45, 2.75) is 13.2 Å². The van der Waals surface area contributed by atoms with Crippen molar-refractivity contribution in [3.8, 4) is 0 Å². The van der Waals surface area contributed by atoms with Crippen LogP contribution in [-0.2, 0) is 18.0 Å². The molecule has 7 nitrogen and oxygen atoms in total. The van der Waals surface area contributed by atoms with Gasteiger partial charge >= 0.3 is 0 Å². The van der Waals surface area contributed by atoms with Gasteiger partial charge in [-0.3, -0.25) is 9.47 Å². The van der Waals surface area contributed by atoms with Crippen molar-refractivity contribution in [2.24, 2.45) is 0 Å². The third-order valence-corrected chi connectivity index (χ3v) is 4.93. The Labute approximate surface area is 150 Å². The van der Waals surface area contributed by atoms with E-state index in [-0.39, 0.29) is 0 Å². The van der Waals surface area contributed by atoms with Crippen molar-refractivity contribution in [3.05, 3.63) is 54.7 Å². The van der Waals surface area contributed by atoms with Gasteiger partial charge in [-0.15, -0.1) is 0 Å².